The van der Waals surface area contributed by atoms with E-state index < -0.39 is 0 Å². The van der Waals surface area contributed by atoms with E-state index in [0.717, 1.165) is 34.1 Å². The summed E-state index contributed by atoms with van der Waals surface area (Å²) < 4.78 is 7.18. The zero-order valence-electron chi connectivity index (χ0n) is 9.21. The molecule has 0 bridgehead atoms. The van der Waals surface area contributed by atoms with E-state index in [2.05, 4.69) is 43.8 Å². The molecule has 1 aliphatic heterocycles. The molecule has 1 fully saturated rings. The predicted octanol–water partition coefficient (Wildman–Crippen LogP) is 2.96. The van der Waals surface area contributed by atoms with E-state index in [1.807, 2.05) is 18.2 Å². The van der Waals surface area contributed by atoms with Gasteiger partial charge in [0.25, 0.3) is 5.91 Å². The third-order valence-corrected chi connectivity index (χ3v) is 5.25. The summed E-state index contributed by atoms with van der Waals surface area (Å²) in [5.41, 5.74) is 0.698. The number of hydrogen-bond donors (Lipinski definition) is 1. The maximum atomic E-state index is 12.1. The van der Waals surface area contributed by atoms with Gasteiger partial charge in [0, 0.05) is 27.3 Å². The largest absolute Gasteiger partial charge is 0.381 e. The van der Waals surface area contributed by atoms with Crippen molar-refractivity contribution in [1.82, 2.24) is 5.32 Å². The van der Waals surface area contributed by atoms with E-state index in [4.69, 9.17) is 4.74 Å². The van der Waals surface area contributed by atoms with Gasteiger partial charge in [0.15, 0.2) is 0 Å². The Balaban J connectivity index is 2.06. The second kappa shape index (κ2) is 6.15. The number of halogens is 2. The molecule has 0 aromatic heterocycles. The van der Waals surface area contributed by atoms with Gasteiger partial charge < -0.3 is 10.1 Å². The molecule has 1 aromatic carbocycles. The minimum Gasteiger partial charge on any atom is -0.381 e. The van der Waals surface area contributed by atoms with E-state index in [0.29, 0.717) is 5.56 Å². The number of hydrogen-bond acceptors (Lipinski definition) is 2. The smallest absolute Gasteiger partial charge is 0.252 e. The number of amides is 1. The molecule has 5 heteroatoms. The number of carbonyl (C=O) groups excluding carboxylic acids is 1. The van der Waals surface area contributed by atoms with Crippen molar-refractivity contribution in [1.29, 1.82) is 0 Å². The first kappa shape index (κ1) is 13.3. The van der Waals surface area contributed by atoms with E-state index in [1.54, 1.807) is 0 Å². The second-order valence-corrected chi connectivity index (χ2v) is 5.92. The van der Waals surface area contributed by atoms with Crippen LogP contribution < -0.4 is 5.32 Å². The number of ether oxygens (including phenoxy) is 1. The molecule has 1 N–H and O–H groups in total. The summed E-state index contributed by atoms with van der Waals surface area (Å²) in [7, 11) is 0. The lowest BCUT2D eigenvalue weighted by Crippen LogP contribution is -2.39. The zero-order chi connectivity index (χ0) is 12.3. The van der Waals surface area contributed by atoms with E-state index in [-0.39, 0.29) is 11.9 Å². The Bertz CT molecular complexity index is 419. The van der Waals surface area contributed by atoms with E-state index in [9.17, 15) is 4.79 Å². The summed E-state index contributed by atoms with van der Waals surface area (Å²) in [5, 5.41) is 3.05. The molecule has 0 spiro atoms. The van der Waals surface area contributed by atoms with Gasteiger partial charge in [-0.3, -0.25) is 4.79 Å². The molecule has 1 heterocycles. The van der Waals surface area contributed by atoms with Crippen LogP contribution in [0.4, 0.5) is 0 Å². The maximum absolute atomic E-state index is 12.1. The van der Waals surface area contributed by atoms with Crippen molar-refractivity contribution < 1.29 is 9.53 Å². The van der Waals surface area contributed by atoms with Gasteiger partial charge in [-0.1, -0.05) is 6.07 Å². The SMILES string of the molecule is O=C(NC1CCOCC1)c1cccc(I)c1Br. The Labute approximate surface area is 123 Å². The van der Waals surface area contributed by atoms with Gasteiger partial charge in [-0.05, 0) is 63.5 Å². The average molecular weight is 410 g/mol. The highest BCUT2D eigenvalue weighted by Gasteiger charge is 2.18. The van der Waals surface area contributed by atoms with Crippen LogP contribution in [-0.2, 0) is 4.74 Å². The summed E-state index contributed by atoms with van der Waals surface area (Å²) in [6.45, 7) is 1.47. The van der Waals surface area contributed by atoms with Gasteiger partial charge >= 0.3 is 0 Å². The van der Waals surface area contributed by atoms with E-state index in [1.165, 1.54) is 0 Å². The van der Waals surface area contributed by atoms with Crippen molar-refractivity contribution >= 4 is 44.4 Å². The van der Waals surface area contributed by atoms with Gasteiger partial charge in [-0.25, -0.2) is 0 Å². The molecule has 0 saturated carbocycles. The lowest BCUT2D eigenvalue weighted by atomic mass is 10.1. The van der Waals surface area contributed by atoms with Gasteiger partial charge in [-0.2, -0.15) is 0 Å². The molecule has 3 nitrogen and oxygen atoms in total. The molecule has 1 aliphatic rings. The Morgan fingerprint density at radius 3 is 2.82 bits per heavy atom. The standard InChI is InChI=1S/C12H13BrINO2/c13-11-9(2-1-3-10(11)14)12(16)15-8-4-6-17-7-5-8/h1-3,8H,4-7H2,(H,15,16). The van der Waals surface area contributed by atoms with Crippen molar-refractivity contribution in [2.75, 3.05) is 13.2 Å². The van der Waals surface area contributed by atoms with Crippen LogP contribution in [0.5, 0.6) is 0 Å². The first-order valence-corrected chi connectivity index (χ1v) is 7.38. The summed E-state index contributed by atoms with van der Waals surface area (Å²) in [5.74, 6) is -0.0118. The van der Waals surface area contributed by atoms with Crippen LogP contribution in [0.1, 0.15) is 23.2 Å². The molecule has 17 heavy (non-hydrogen) atoms. The van der Waals surface area contributed by atoms with Crippen molar-refractivity contribution in [3.63, 3.8) is 0 Å². The van der Waals surface area contributed by atoms with Crippen LogP contribution >= 0.6 is 38.5 Å². The summed E-state index contributed by atoms with van der Waals surface area (Å²) >= 11 is 5.66. The fourth-order valence-electron chi connectivity index (χ4n) is 1.78. The highest BCUT2D eigenvalue weighted by molar-refractivity contribution is 14.1. The van der Waals surface area contributed by atoms with Crippen molar-refractivity contribution in [3.05, 3.63) is 31.8 Å². The van der Waals surface area contributed by atoms with Crippen LogP contribution in [0.3, 0.4) is 0 Å². The zero-order valence-corrected chi connectivity index (χ0v) is 13.0. The summed E-state index contributed by atoms with van der Waals surface area (Å²) in [6.07, 6.45) is 1.79. The first-order valence-electron chi connectivity index (χ1n) is 5.51. The fraction of sp³-hybridized carbons (Fsp3) is 0.417. The highest BCUT2D eigenvalue weighted by Crippen LogP contribution is 2.23. The molecule has 92 valence electrons. The van der Waals surface area contributed by atoms with Crippen LogP contribution in [0.15, 0.2) is 22.7 Å². The molecular formula is C12H13BrINO2. The highest BCUT2D eigenvalue weighted by atomic mass is 127. The Morgan fingerprint density at radius 2 is 2.12 bits per heavy atom. The first-order chi connectivity index (χ1) is 8.18. The molecule has 2 rings (SSSR count). The summed E-state index contributed by atoms with van der Waals surface area (Å²) in [6, 6.07) is 5.93. The fourth-order valence-corrected chi connectivity index (χ4v) is 2.73. The molecule has 0 unspecified atom stereocenters. The number of benzene rings is 1. The van der Waals surface area contributed by atoms with E-state index >= 15 is 0 Å². The van der Waals surface area contributed by atoms with Gasteiger partial charge in [0.05, 0.1) is 5.56 Å². The monoisotopic (exact) mass is 409 g/mol. The predicted molar refractivity (Wildman–Crippen MR) is 78.2 cm³/mol. The molecule has 1 saturated heterocycles. The molecule has 1 aromatic rings. The van der Waals surface area contributed by atoms with Gasteiger partial charge in [-0.15, -0.1) is 0 Å². The van der Waals surface area contributed by atoms with Crippen LogP contribution in [0.25, 0.3) is 0 Å². The third-order valence-electron chi connectivity index (χ3n) is 2.75. The van der Waals surface area contributed by atoms with Gasteiger partial charge in [0.2, 0.25) is 0 Å². The van der Waals surface area contributed by atoms with Crippen molar-refractivity contribution in [2.24, 2.45) is 0 Å². The van der Waals surface area contributed by atoms with Crippen LogP contribution in [-0.4, -0.2) is 25.2 Å². The lowest BCUT2D eigenvalue weighted by Gasteiger charge is -2.23. The minimum atomic E-state index is -0.0118. The Hall–Kier alpha value is -0.140. The van der Waals surface area contributed by atoms with Gasteiger partial charge in [0.1, 0.15) is 0 Å². The number of carbonyl (C=O) groups is 1. The average Bonchev–Trinajstić information content (AvgIpc) is 2.34. The normalized spacial score (nSPS) is 16.8. The van der Waals surface area contributed by atoms with Crippen molar-refractivity contribution in [3.8, 4) is 0 Å². The lowest BCUT2D eigenvalue weighted by molar-refractivity contribution is 0.0696. The van der Waals surface area contributed by atoms with Crippen molar-refractivity contribution in [2.45, 2.75) is 18.9 Å². The molecular weight excluding hydrogens is 397 g/mol. The third kappa shape index (κ3) is 3.42. The molecule has 0 radical (unpaired) electrons. The van der Waals surface area contributed by atoms with Crippen LogP contribution in [0.2, 0.25) is 0 Å². The summed E-state index contributed by atoms with van der Waals surface area (Å²) in [4.78, 5) is 12.1. The van der Waals surface area contributed by atoms with Crippen LogP contribution in [0, 0.1) is 3.57 Å². The number of rotatable bonds is 2. The maximum Gasteiger partial charge on any atom is 0.252 e. The Morgan fingerprint density at radius 1 is 1.41 bits per heavy atom. The molecule has 1 amide bonds. The second-order valence-electron chi connectivity index (χ2n) is 3.96. The number of nitrogens with one attached hydrogen (secondary N) is 1. The Kier molecular flexibility index (Phi) is 4.81. The minimum absolute atomic E-state index is 0.0118. The molecule has 0 aliphatic carbocycles. The topological polar surface area (TPSA) is 38.3 Å². The quantitative estimate of drug-likeness (QED) is 0.762. The molecule has 0 atom stereocenters.